The van der Waals surface area contributed by atoms with E-state index in [0.29, 0.717) is 11.7 Å². The Kier molecular flexibility index (Phi) is 4.98. The van der Waals surface area contributed by atoms with Crippen molar-refractivity contribution >= 4 is 28.8 Å². The number of thioether (sulfide) groups is 1. The van der Waals surface area contributed by atoms with Gasteiger partial charge in [-0.2, -0.15) is 0 Å². The maximum absolute atomic E-state index is 12.5. The molecule has 4 rings (SSSR count). The zero-order chi connectivity index (χ0) is 17.9. The van der Waals surface area contributed by atoms with Crippen molar-refractivity contribution in [3.05, 3.63) is 60.0 Å². The smallest absolute Gasteiger partial charge is 0.232 e. The minimum atomic E-state index is 0.214. The van der Waals surface area contributed by atoms with Crippen molar-refractivity contribution in [1.29, 1.82) is 0 Å². The number of aryl methyl sites for hydroxylation is 1. The number of nitrogens with zero attached hydrogens (tertiary/aromatic N) is 2. The third-order valence-corrected chi connectivity index (χ3v) is 5.89. The number of hydrogen-bond acceptors (Lipinski definition) is 4. The summed E-state index contributed by atoms with van der Waals surface area (Å²) in [6, 6.07) is 16.2. The molecule has 26 heavy (non-hydrogen) atoms. The first-order valence-corrected chi connectivity index (χ1v) is 10.0. The summed E-state index contributed by atoms with van der Waals surface area (Å²) < 4.78 is 5.90. The number of rotatable bonds is 4. The molecule has 0 saturated carbocycles. The summed E-state index contributed by atoms with van der Waals surface area (Å²) in [6.07, 6.45) is 1.82. The fourth-order valence-corrected chi connectivity index (χ4v) is 4.11. The van der Waals surface area contributed by atoms with Crippen molar-refractivity contribution in [3.8, 4) is 0 Å². The van der Waals surface area contributed by atoms with E-state index in [9.17, 15) is 4.79 Å². The van der Waals surface area contributed by atoms with Crippen LogP contribution in [0.4, 0.5) is 0 Å². The molecule has 2 heterocycles. The molecule has 1 aliphatic rings. The van der Waals surface area contributed by atoms with Gasteiger partial charge in [-0.3, -0.25) is 4.79 Å². The first-order chi connectivity index (χ1) is 12.7. The molecule has 3 aromatic rings. The van der Waals surface area contributed by atoms with Crippen LogP contribution in [0.2, 0.25) is 0 Å². The molecule has 0 bridgehead atoms. The second-order valence-corrected chi connectivity index (χ2v) is 7.83. The van der Waals surface area contributed by atoms with Crippen LogP contribution < -0.4 is 0 Å². The van der Waals surface area contributed by atoms with Gasteiger partial charge in [0, 0.05) is 23.9 Å². The number of para-hydroxylation sites is 2. The van der Waals surface area contributed by atoms with Gasteiger partial charge in [-0.05, 0) is 44.0 Å². The normalized spacial score (nSPS) is 15.5. The Morgan fingerprint density at radius 1 is 1.15 bits per heavy atom. The lowest BCUT2D eigenvalue weighted by Gasteiger charge is -2.30. The average molecular weight is 366 g/mol. The van der Waals surface area contributed by atoms with Crippen LogP contribution in [-0.2, 0) is 4.79 Å². The van der Waals surface area contributed by atoms with Gasteiger partial charge in [-0.1, -0.05) is 29.8 Å². The molecule has 5 heteroatoms. The molecular formula is C21H22N2O2S. The Hall–Kier alpha value is -2.27. The zero-order valence-corrected chi connectivity index (χ0v) is 15.7. The van der Waals surface area contributed by atoms with Gasteiger partial charge in [0.05, 0.1) is 5.75 Å². The number of oxazole rings is 1. The van der Waals surface area contributed by atoms with Crippen LogP contribution in [0.3, 0.4) is 0 Å². The molecule has 1 aliphatic heterocycles. The molecule has 134 valence electrons. The molecule has 1 saturated heterocycles. The van der Waals surface area contributed by atoms with Gasteiger partial charge < -0.3 is 9.32 Å². The largest absolute Gasteiger partial charge is 0.440 e. The molecular weight excluding hydrogens is 344 g/mol. The monoisotopic (exact) mass is 366 g/mol. The molecule has 1 amide bonds. The van der Waals surface area contributed by atoms with Crippen LogP contribution in [0.25, 0.3) is 11.1 Å². The molecule has 2 aromatic carbocycles. The van der Waals surface area contributed by atoms with Crippen molar-refractivity contribution in [2.24, 2.45) is 0 Å². The van der Waals surface area contributed by atoms with Crippen molar-refractivity contribution in [2.75, 3.05) is 18.8 Å². The van der Waals surface area contributed by atoms with Crippen molar-refractivity contribution in [1.82, 2.24) is 9.88 Å². The van der Waals surface area contributed by atoms with E-state index in [4.69, 9.17) is 4.42 Å². The summed E-state index contributed by atoms with van der Waals surface area (Å²) in [4.78, 5) is 20.2. The Labute approximate surface area is 157 Å². The molecule has 0 N–H and O–H groups in total. The minimum absolute atomic E-state index is 0.214. The zero-order valence-electron chi connectivity index (χ0n) is 14.9. The molecule has 1 fully saturated rings. The number of carbonyl (C=O) groups excluding carboxylic acids is 1. The summed E-state index contributed by atoms with van der Waals surface area (Å²) in [6.45, 7) is 3.62. The van der Waals surface area contributed by atoms with Crippen LogP contribution in [-0.4, -0.2) is 34.6 Å². The Balaban J connectivity index is 1.31. The second kappa shape index (κ2) is 7.54. The number of hydrogen-bond donors (Lipinski definition) is 0. The predicted molar refractivity (Wildman–Crippen MR) is 104 cm³/mol. The van der Waals surface area contributed by atoms with Crippen molar-refractivity contribution in [2.45, 2.75) is 30.6 Å². The van der Waals surface area contributed by atoms with Crippen LogP contribution in [0.15, 0.2) is 57.8 Å². The average Bonchev–Trinajstić information content (AvgIpc) is 3.12. The van der Waals surface area contributed by atoms with Gasteiger partial charge in [0.1, 0.15) is 5.52 Å². The van der Waals surface area contributed by atoms with E-state index in [0.717, 1.165) is 47.8 Å². The van der Waals surface area contributed by atoms with Crippen LogP contribution >= 0.6 is 11.8 Å². The predicted octanol–water partition coefficient (Wildman–Crippen LogP) is 4.63. The highest BCUT2D eigenvalue weighted by Crippen LogP contribution is 2.30. The van der Waals surface area contributed by atoms with Crippen molar-refractivity contribution < 1.29 is 9.21 Å². The van der Waals surface area contributed by atoms with E-state index in [-0.39, 0.29) is 5.91 Å². The number of benzene rings is 2. The third kappa shape index (κ3) is 3.78. The fourth-order valence-electron chi connectivity index (χ4n) is 3.31. The Bertz CT molecular complexity index is 863. The first kappa shape index (κ1) is 17.2. The number of amides is 1. The Morgan fingerprint density at radius 3 is 2.62 bits per heavy atom. The second-order valence-electron chi connectivity index (χ2n) is 6.78. The van der Waals surface area contributed by atoms with E-state index in [1.165, 1.54) is 5.56 Å². The SMILES string of the molecule is Cc1ccc(SCC(=O)N2CCC(c3nc4ccccc4o3)CC2)cc1. The number of carbonyl (C=O) groups is 1. The Morgan fingerprint density at radius 2 is 1.88 bits per heavy atom. The highest BCUT2D eigenvalue weighted by atomic mass is 32.2. The number of fused-ring (bicyclic) bond motifs is 1. The van der Waals surface area contributed by atoms with Crippen molar-refractivity contribution in [3.63, 3.8) is 0 Å². The summed E-state index contributed by atoms with van der Waals surface area (Å²) in [7, 11) is 0. The maximum atomic E-state index is 12.5. The van der Waals surface area contributed by atoms with Crippen LogP contribution in [0.5, 0.6) is 0 Å². The molecule has 0 aliphatic carbocycles. The van der Waals surface area contributed by atoms with Gasteiger partial charge >= 0.3 is 0 Å². The van der Waals surface area contributed by atoms with Crippen LogP contribution in [0, 0.1) is 6.92 Å². The van der Waals surface area contributed by atoms with Gasteiger partial charge in [0.15, 0.2) is 11.5 Å². The lowest BCUT2D eigenvalue weighted by molar-refractivity contribution is -0.129. The lowest BCUT2D eigenvalue weighted by atomic mass is 9.97. The van der Waals surface area contributed by atoms with Gasteiger partial charge in [-0.25, -0.2) is 4.98 Å². The third-order valence-electron chi connectivity index (χ3n) is 4.89. The maximum Gasteiger partial charge on any atom is 0.232 e. The quantitative estimate of drug-likeness (QED) is 0.631. The summed E-state index contributed by atoms with van der Waals surface area (Å²) in [5, 5.41) is 0. The molecule has 0 unspecified atom stereocenters. The first-order valence-electron chi connectivity index (χ1n) is 9.02. The van der Waals surface area contributed by atoms with E-state index in [1.807, 2.05) is 29.2 Å². The van der Waals surface area contributed by atoms with Gasteiger partial charge in [-0.15, -0.1) is 11.8 Å². The highest BCUT2D eigenvalue weighted by Gasteiger charge is 2.26. The van der Waals surface area contributed by atoms with E-state index in [2.05, 4.69) is 36.2 Å². The number of aromatic nitrogens is 1. The summed E-state index contributed by atoms with van der Waals surface area (Å²) >= 11 is 1.61. The van der Waals surface area contributed by atoms with E-state index in [1.54, 1.807) is 11.8 Å². The molecule has 0 radical (unpaired) electrons. The molecule has 1 aromatic heterocycles. The van der Waals surface area contributed by atoms with Gasteiger partial charge in [0.2, 0.25) is 5.91 Å². The number of likely N-dealkylation sites (tertiary alicyclic amines) is 1. The summed E-state index contributed by atoms with van der Waals surface area (Å²) in [5.74, 6) is 1.83. The lowest BCUT2D eigenvalue weighted by Crippen LogP contribution is -2.39. The topological polar surface area (TPSA) is 46.3 Å². The molecule has 0 spiro atoms. The van der Waals surface area contributed by atoms with E-state index >= 15 is 0 Å². The highest BCUT2D eigenvalue weighted by molar-refractivity contribution is 8.00. The minimum Gasteiger partial charge on any atom is -0.440 e. The standard InChI is InChI=1S/C21H22N2O2S/c1-15-6-8-17(9-7-15)26-14-20(24)23-12-10-16(11-13-23)21-22-18-4-2-3-5-19(18)25-21/h2-9,16H,10-14H2,1H3. The summed E-state index contributed by atoms with van der Waals surface area (Å²) in [5.41, 5.74) is 2.99. The van der Waals surface area contributed by atoms with E-state index < -0.39 is 0 Å². The molecule has 4 nitrogen and oxygen atoms in total. The fraction of sp³-hybridized carbons (Fsp3) is 0.333. The van der Waals surface area contributed by atoms with Gasteiger partial charge in [0.25, 0.3) is 0 Å². The number of piperidine rings is 1. The molecule has 0 atom stereocenters. The van der Waals surface area contributed by atoms with Crippen LogP contribution in [0.1, 0.15) is 30.2 Å².